The average Bonchev–Trinajstić information content (AvgIpc) is 3.33. The molecule has 30 heavy (non-hydrogen) atoms. The summed E-state index contributed by atoms with van der Waals surface area (Å²) >= 11 is -2.32. The van der Waals surface area contributed by atoms with Gasteiger partial charge in [0, 0.05) is 0 Å². The van der Waals surface area contributed by atoms with Crippen LogP contribution in [0.15, 0.2) is 102 Å². The van der Waals surface area contributed by atoms with E-state index in [0.29, 0.717) is 5.92 Å². The Morgan fingerprint density at radius 3 is 1.73 bits per heavy atom. The molecule has 0 radical (unpaired) electrons. The standard InChI is InChI=1S/C13H10.C9H13.C5H5.2ClH.Zr/c1-3-7-12(8-4-1)11-13-9-5-2-6-10-13;1-6-5-7(2)9(4)8(6)3;1-2-4-5-3-1;;;/h1-10H;6H,1-4H3;1-3H,4H2;2*1H;/q;;;;;+2/p-2. The van der Waals surface area contributed by atoms with Gasteiger partial charge in [0.25, 0.3) is 0 Å². The normalized spacial score (nSPS) is 17.2. The van der Waals surface area contributed by atoms with Gasteiger partial charge < -0.3 is 24.8 Å². The predicted molar refractivity (Wildman–Crippen MR) is 118 cm³/mol. The van der Waals surface area contributed by atoms with Crippen LogP contribution in [-0.4, -0.2) is 3.21 Å². The third kappa shape index (κ3) is 4.65. The molecule has 2 aliphatic rings. The second-order valence-corrected chi connectivity index (χ2v) is 13.8. The van der Waals surface area contributed by atoms with Crippen LogP contribution in [-0.2, 0) is 21.3 Å². The summed E-state index contributed by atoms with van der Waals surface area (Å²) in [7, 11) is 0. The molecule has 0 saturated heterocycles. The molecular weight excluding hydrogens is 486 g/mol. The van der Waals surface area contributed by atoms with E-state index in [1.807, 2.05) is 0 Å². The summed E-state index contributed by atoms with van der Waals surface area (Å²) in [6.45, 7) is 9.46. The van der Waals surface area contributed by atoms with Gasteiger partial charge in [-0.25, -0.2) is 0 Å². The molecule has 3 heteroatoms. The van der Waals surface area contributed by atoms with Crippen molar-refractivity contribution in [2.45, 2.75) is 34.1 Å². The number of allylic oxidation sites excluding steroid dienone is 8. The molecule has 0 nitrogen and oxygen atoms in total. The zero-order valence-electron chi connectivity index (χ0n) is 18.0. The molecule has 0 aromatic heterocycles. The van der Waals surface area contributed by atoms with Crippen molar-refractivity contribution >= 4 is 3.21 Å². The fourth-order valence-electron chi connectivity index (χ4n) is 4.53. The van der Waals surface area contributed by atoms with Gasteiger partial charge in [0.1, 0.15) is 0 Å². The van der Waals surface area contributed by atoms with Gasteiger partial charge in [-0.2, -0.15) is 0 Å². The van der Waals surface area contributed by atoms with Crippen molar-refractivity contribution in [3.05, 3.63) is 113 Å². The molecule has 4 rings (SSSR count). The Morgan fingerprint density at radius 2 is 1.33 bits per heavy atom. The van der Waals surface area contributed by atoms with Gasteiger partial charge in [-0.1, -0.05) is 0 Å². The fraction of sp³-hybridized carbons (Fsp3) is 0.222. The Balaban J connectivity index is 0.00000160. The minimum atomic E-state index is -2.32. The molecule has 2 aromatic carbocycles. The van der Waals surface area contributed by atoms with Crippen LogP contribution in [0.25, 0.3) is 0 Å². The van der Waals surface area contributed by atoms with Gasteiger partial charge in [-0.3, -0.25) is 0 Å². The first-order valence-corrected chi connectivity index (χ1v) is 13.9. The molecule has 2 aliphatic carbocycles. The van der Waals surface area contributed by atoms with Crippen LogP contribution >= 0.6 is 0 Å². The molecule has 154 valence electrons. The van der Waals surface area contributed by atoms with Crippen LogP contribution in [0.5, 0.6) is 0 Å². The van der Waals surface area contributed by atoms with E-state index in [1.165, 1.54) is 16.7 Å². The maximum absolute atomic E-state index is 2.43. The first-order chi connectivity index (χ1) is 13.6. The minimum Gasteiger partial charge on any atom is -1.00 e. The molecule has 0 heterocycles. The van der Waals surface area contributed by atoms with Gasteiger partial charge in [0.15, 0.2) is 0 Å². The first kappa shape index (κ1) is 25.0. The van der Waals surface area contributed by atoms with E-state index < -0.39 is 21.3 Å². The number of hydrogen-bond acceptors (Lipinski definition) is 0. The maximum atomic E-state index is 2.43. The average molecular weight is 515 g/mol. The zero-order valence-corrected chi connectivity index (χ0v) is 22.0. The molecule has 0 fully saturated rings. The molecule has 0 aliphatic heterocycles. The molecule has 0 N–H and O–H groups in total. The van der Waals surface area contributed by atoms with E-state index in [4.69, 9.17) is 0 Å². The first-order valence-electron chi connectivity index (χ1n) is 10.2. The predicted octanol–water partition coefficient (Wildman–Crippen LogP) is 0.986. The third-order valence-corrected chi connectivity index (χ3v) is 14.8. The summed E-state index contributed by atoms with van der Waals surface area (Å²) in [6, 6.07) is 22.3. The molecule has 1 unspecified atom stereocenters. The minimum absolute atomic E-state index is 0. The van der Waals surface area contributed by atoms with Gasteiger partial charge in [-0.15, -0.1) is 0 Å². The van der Waals surface area contributed by atoms with Crippen molar-refractivity contribution in [2.24, 2.45) is 5.92 Å². The van der Waals surface area contributed by atoms with E-state index in [0.717, 1.165) is 6.42 Å². The van der Waals surface area contributed by atoms with Gasteiger partial charge in [0.2, 0.25) is 0 Å². The van der Waals surface area contributed by atoms with Crippen molar-refractivity contribution in [3.8, 4) is 0 Å². The van der Waals surface area contributed by atoms with E-state index in [1.54, 1.807) is 20.9 Å². The molecule has 1 atom stereocenters. The Hall–Kier alpha value is -1.27. The van der Waals surface area contributed by atoms with E-state index in [2.05, 4.69) is 107 Å². The Bertz CT molecular complexity index is 1010. The van der Waals surface area contributed by atoms with Crippen LogP contribution < -0.4 is 24.8 Å². The largest absolute Gasteiger partial charge is 1.00 e. The third-order valence-electron chi connectivity index (χ3n) is 6.38. The number of benzene rings is 2. The maximum Gasteiger partial charge on any atom is -1.00 e. The summed E-state index contributed by atoms with van der Waals surface area (Å²) in [4.78, 5) is 0. The van der Waals surface area contributed by atoms with Crippen LogP contribution in [0.1, 0.15) is 45.2 Å². The van der Waals surface area contributed by atoms with Crippen molar-refractivity contribution in [1.82, 2.24) is 0 Å². The molecule has 2 aromatic rings. The van der Waals surface area contributed by atoms with Crippen molar-refractivity contribution in [2.75, 3.05) is 0 Å². The van der Waals surface area contributed by atoms with Crippen molar-refractivity contribution in [1.29, 1.82) is 0 Å². The molecule has 0 spiro atoms. The SMILES string of the molecule is CC1=C(C)C(C)[C]([Zr+2]([C]2=CC=CC2)=[C](c2ccccc2)c2ccccc2)=C1C.[Cl-].[Cl-]. The second-order valence-electron chi connectivity index (χ2n) is 7.87. The van der Waals surface area contributed by atoms with E-state index in [9.17, 15) is 0 Å². The summed E-state index contributed by atoms with van der Waals surface area (Å²) < 4.78 is 5.10. The van der Waals surface area contributed by atoms with Gasteiger partial charge in [-0.05, 0) is 0 Å². The molecule has 0 saturated carbocycles. The molecule has 0 amide bonds. The summed E-state index contributed by atoms with van der Waals surface area (Å²) in [6.07, 6.45) is 8.16. The van der Waals surface area contributed by atoms with Crippen LogP contribution in [0.2, 0.25) is 0 Å². The zero-order chi connectivity index (χ0) is 19.7. The number of halogens is 2. The number of hydrogen-bond donors (Lipinski definition) is 0. The summed E-state index contributed by atoms with van der Waals surface area (Å²) in [5.74, 6) is 0.568. The fourth-order valence-corrected chi connectivity index (χ4v) is 13.5. The van der Waals surface area contributed by atoms with E-state index in [-0.39, 0.29) is 24.8 Å². The molecular formula is C27H28Cl2Zr. The van der Waals surface area contributed by atoms with Crippen LogP contribution in [0, 0.1) is 5.92 Å². The Kier molecular flexibility index (Phi) is 9.04. The van der Waals surface area contributed by atoms with Gasteiger partial charge in [0.05, 0.1) is 0 Å². The second kappa shape index (κ2) is 10.9. The monoisotopic (exact) mass is 512 g/mol. The van der Waals surface area contributed by atoms with Crippen LogP contribution in [0.4, 0.5) is 0 Å². The smallest absolute Gasteiger partial charge is 1.00 e. The van der Waals surface area contributed by atoms with Crippen molar-refractivity contribution < 1.29 is 46.1 Å². The summed E-state index contributed by atoms with van der Waals surface area (Å²) in [5.41, 5.74) is 7.47. The van der Waals surface area contributed by atoms with Crippen molar-refractivity contribution in [3.63, 3.8) is 0 Å². The van der Waals surface area contributed by atoms with Crippen LogP contribution in [0.3, 0.4) is 0 Å². The topological polar surface area (TPSA) is 0 Å². The van der Waals surface area contributed by atoms with E-state index >= 15 is 0 Å². The van der Waals surface area contributed by atoms with Gasteiger partial charge >= 0.3 is 178 Å². The Labute approximate surface area is 201 Å². The Morgan fingerprint density at radius 1 is 0.800 bits per heavy atom. The summed E-state index contributed by atoms with van der Waals surface area (Å²) in [5, 5.41) is 0. The quantitative estimate of drug-likeness (QED) is 0.571. The number of rotatable bonds is 4. The molecule has 0 bridgehead atoms.